The summed E-state index contributed by atoms with van der Waals surface area (Å²) in [5, 5.41) is 4.11. The second kappa shape index (κ2) is 7.10. The maximum atomic E-state index is 13.9. The fourth-order valence-electron chi connectivity index (χ4n) is 3.63. The van der Waals surface area contributed by atoms with Crippen molar-refractivity contribution in [2.24, 2.45) is 0 Å². The third-order valence-corrected chi connectivity index (χ3v) is 5.46. The SMILES string of the molecule is Cc1c(F)cccc1N1CC(c2noc(-c3ccc(C(C)(C)C)cc3)n2)CC1=O. The van der Waals surface area contributed by atoms with Gasteiger partial charge in [0.15, 0.2) is 5.82 Å². The summed E-state index contributed by atoms with van der Waals surface area (Å²) in [6.07, 6.45) is 0.276. The van der Waals surface area contributed by atoms with Crippen LogP contribution in [-0.2, 0) is 10.2 Å². The van der Waals surface area contributed by atoms with Crippen LogP contribution in [0.2, 0.25) is 0 Å². The number of hydrogen-bond acceptors (Lipinski definition) is 4. The number of nitrogens with zero attached hydrogens (tertiary/aromatic N) is 3. The molecule has 1 aliphatic rings. The normalized spacial score (nSPS) is 17.2. The van der Waals surface area contributed by atoms with Crippen molar-refractivity contribution in [2.45, 2.75) is 45.4 Å². The van der Waals surface area contributed by atoms with Crippen LogP contribution >= 0.6 is 0 Å². The predicted octanol–water partition coefficient (Wildman–Crippen LogP) is 5.00. The van der Waals surface area contributed by atoms with Crippen molar-refractivity contribution in [2.75, 3.05) is 11.4 Å². The Kier molecular flexibility index (Phi) is 4.73. The van der Waals surface area contributed by atoms with Crippen molar-refractivity contribution in [3.63, 3.8) is 0 Å². The minimum Gasteiger partial charge on any atom is -0.334 e. The Morgan fingerprint density at radius 3 is 2.55 bits per heavy atom. The van der Waals surface area contributed by atoms with E-state index in [0.29, 0.717) is 29.5 Å². The zero-order valence-corrected chi connectivity index (χ0v) is 17.1. The number of carbonyl (C=O) groups is 1. The Labute approximate surface area is 169 Å². The second-order valence-corrected chi connectivity index (χ2v) is 8.57. The van der Waals surface area contributed by atoms with Crippen molar-refractivity contribution in [3.05, 3.63) is 65.2 Å². The van der Waals surface area contributed by atoms with Gasteiger partial charge in [0.05, 0.1) is 0 Å². The molecular weight excluding hydrogens is 369 g/mol. The first-order chi connectivity index (χ1) is 13.7. The molecule has 1 fully saturated rings. The summed E-state index contributed by atoms with van der Waals surface area (Å²) in [5.74, 6) is 0.374. The fraction of sp³-hybridized carbons (Fsp3) is 0.348. The lowest BCUT2D eigenvalue weighted by molar-refractivity contribution is -0.117. The van der Waals surface area contributed by atoms with Gasteiger partial charge in [0.1, 0.15) is 5.82 Å². The standard InChI is InChI=1S/C23H24FN3O2/c1-14-18(24)6-5-7-19(14)27-13-16(12-20(27)28)21-25-22(29-26-21)15-8-10-17(11-9-15)23(2,3)4/h5-11,16H,12-13H2,1-4H3. The van der Waals surface area contributed by atoms with Crippen LogP contribution in [0.1, 0.15) is 50.1 Å². The molecule has 5 nitrogen and oxygen atoms in total. The molecule has 0 radical (unpaired) electrons. The van der Waals surface area contributed by atoms with Gasteiger partial charge in [-0.3, -0.25) is 4.79 Å². The molecule has 3 aromatic rings. The minimum atomic E-state index is -0.320. The molecular formula is C23H24FN3O2. The summed E-state index contributed by atoms with van der Waals surface area (Å²) in [7, 11) is 0. The third-order valence-electron chi connectivity index (χ3n) is 5.46. The van der Waals surface area contributed by atoms with E-state index in [-0.39, 0.29) is 29.5 Å². The molecule has 1 amide bonds. The van der Waals surface area contributed by atoms with Crippen LogP contribution in [-0.4, -0.2) is 22.6 Å². The van der Waals surface area contributed by atoms with E-state index in [9.17, 15) is 9.18 Å². The molecule has 0 saturated carbocycles. The van der Waals surface area contributed by atoms with E-state index in [2.05, 4.69) is 43.0 Å². The van der Waals surface area contributed by atoms with E-state index in [0.717, 1.165) is 5.56 Å². The monoisotopic (exact) mass is 393 g/mol. The largest absolute Gasteiger partial charge is 0.334 e. The third kappa shape index (κ3) is 3.67. The Morgan fingerprint density at radius 1 is 1.14 bits per heavy atom. The molecule has 1 aromatic heterocycles. The molecule has 0 spiro atoms. The van der Waals surface area contributed by atoms with Gasteiger partial charge in [-0.05, 0) is 42.2 Å². The van der Waals surface area contributed by atoms with Gasteiger partial charge < -0.3 is 9.42 Å². The van der Waals surface area contributed by atoms with Crippen molar-refractivity contribution in [1.82, 2.24) is 10.1 Å². The van der Waals surface area contributed by atoms with Crippen molar-refractivity contribution in [1.29, 1.82) is 0 Å². The number of rotatable bonds is 3. The highest BCUT2D eigenvalue weighted by Gasteiger charge is 2.35. The number of carbonyl (C=O) groups excluding carboxylic acids is 1. The molecule has 150 valence electrons. The summed E-state index contributed by atoms with van der Waals surface area (Å²) in [5.41, 5.74) is 3.21. The number of halogens is 1. The first-order valence-electron chi connectivity index (χ1n) is 9.74. The first kappa shape index (κ1) is 19.3. The number of aromatic nitrogens is 2. The van der Waals surface area contributed by atoms with Gasteiger partial charge in [0.25, 0.3) is 5.89 Å². The van der Waals surface area contributed by atoms with Crippen molar-refractivity contribution >= 4 is 11.6 Å². The molecule has 1 saturated heterocycles. The lowest BCUT2D eigenvalue weighted by Gasteiger charge is -2.19. The zero-order valence-electron chi connectivity index (χ0n) is 17.1. The van der Waals surface area contributed by atoms with Crippen LogP contribution < -0.4 is 4.90 Å². The lowest BCUT2D eigenvalue weighted by Crippen LogP contribution is -2.25. The maximum Gasteiger partial charge on any atom is 0.257 e. The van der Waals surface area contributed by atoms with E-state index in [1.54, 1.807) is 24.0 Å². The van der Waals surface area contributed by atoms with E-state index in [4.69, 9.17) is 4.52 Å². The average molecular weight is 393 g/mol. The predicted molar refractivity (Wildman–Crippen MR) is 109 cm³/mol. The summed E-state index contributed by atoms with van der Waals surface area (Å²) < 4.78 is 19.4. The molecule has 0 aliphatic carbocycles. The maximum absolute atomic E-state index is 13.9. The van der Waals surface area contributed by atoms with Gasteiger partial charge in [-0.15, -0.1) is 0 Å². The van der Waals surface area contributed by atoms with Gasteiger partial charge in [0.2, 0.25) is 5.91 Å². The molecule has 1 aliphatic heterocycles. The van der Waals surface area contributed by atoms with E-state index < -0.39 is 0 Å². The Balaban J connectivity index is 1.54. The molecule has 1 atom stereocenters. The Morgan fingerprint density at radius 2 is 1.86 bits per heavy atom. The molecule has 2 aromatic carbocycles. The van der Waals surface area contributed by atoms with Crippen LogP contribution in [0.4, 0.5) is 10.1 Å². The van der Waals surface area contributed by atoms with Crippen LogP contribution in [0.25, 0.3) is 11.5 Å². The number of benzene rings is 2. The number of anilines is 1. The molecule has 0 N–H and O–H groups in total. The van der Waals surface area contributed by atoms with Crippen LogP contribution in [0.3, 0.4) is 0 Å². The van der Waals surface area contributed by atoms with Gasteiger partial charge in [-0.1, -0.05) is 44.1 Å². The highest BCUT2D eigenvalue weighted by atomic mass is 19.1. The van der Waals surface area contributed by atoms with Gasteiger partial charge in [0, 0.05) is 35.7 Å². The quantitative estimate of drug-likeness (QED) is 0.628. The average Bonchev–Trinajstić information content (AvgIpc) is 3.30. The lowest BCUT2D eigenvalue weighted by atomic mass is 9.87. The smallest absolute Gasteiger partial charge is 0.257 e. The van der Waals surface area contributed by atoms with Crippen LogP contribution in [0.15, 0.2) is 47.0 Å². The van der Waals surface area contributed by atoms with E-state index in [1.807, 2.05) is 12.1 Å². The summed E-state index contributed by atoms with van der Waals surface area (Å²) >= 11 is 0. The number of amides is 1. The Hall–Kier alpha value is -3.02. The molecule has 2 heterocycles. The summed E-state index contributed by atoms with van der Waals surface area (Å²) in [4.78, 5) is 18.7. The highest BCUT2D eigenvalue weighted by molar-refractivity contribution is 5.97. The zero-order chi connectivity index (χ0) is 20.8. The topological polar surface area (TPSA) is 59.2 Å². The number of hydrogen-bond donors (Lipinski definition) is 0. The molecule has 29 heavy (non-hydrogen) atoms. The second-order valence-electron chi connectivity index (χ2n) is 8.57. The Bertz CT molecular complexity index is 1050. The van der Waals surface area contributed by atoms with E-state index in [1.165, 1.54) is 11.6 Å². The molecule has 1 unspecified atom stereocenters. The van der Waals surface area contributed by atoms with E-state index >= 15 is 0 Å². The summed E-state index contributed by atoms with van der Waals surface area (Å²) in [6.45, 7) is 8.58. The summed E-state index contributed by atoms with van der Waals surface area (Å²) in [6, 6.07) is 12.8. The van der Waals surface area contributed by atoms with Gasteiger partial charge >= 0.3 is 0 Å². The minimum absolute atomic E-state index is 0.0652. The van der Waals surface area contributed by atoms with Crippen molar-refractivity contribution in [3.8, 4) is 11.5 Å². The fourth-order valence-corrected chi connectivity index (χ4v) is 3.63. The van der Waals surface area contributed by atoms with Crippen molar-refractivity contribution < 1.29 is 13.7 Å². The molecule has 0 bridgehead atoms. The highest BCUT2D eigenvalue weighted by Crippen LogP contribution is 2.34. The van der Waals surface area contributed by atoms with Crippen LogP contribution in [0, 0.1) is 12.7 Å². The van der Waals surface area contributed by atoms with Gasteiger partial charge in [-0.25, -0.2) is 4.39 Å². The van der Waals surface area contributed by atoms with Gasteiger partial charge in [-0.2, -0.15) is 4.98 Å². The first-order valence-corrected chi connectivity index (χ1v) is 9.74. The molecule has 6 heteroatoms. The van der Waals surface area contributed by atoms with Crippen LogP contribution in [0.5, 0.6) is 0 Å². The molecule has 4 rings (SSSR count).